The van der Waals surface area contributed by atoms with E-state index in [0.29, 0.717) is 6.61 Å². The van der Waals surface area contributed by atoms with Crippen molar-refractivity contribution < 1.29 is 9.47 Å². The molecule has 0 aliphatic carbocycles. The van der Waals surface area contributed by atoms with Gasteiger partial charge in [0.2, 0.25) is 0 Å². The topological polar surface area (TPSA) is 102 Å². The Morgan fingerprint density at radius 1 is 1.22 bits per heavy atom. The van der Waals surface area contributed by atoms with Crippen LogP contribution in [0.15, 0.2) is 35.8 Å². The maximum absolute atomic E-state index is 6.76. The van der Waals surface area contributed by atoms with Crippen LogP contribution in [0.4, 0.5) is 5.82 Å². The summed E-state index contributed by atoms with van der Waals surface area (Å²) < 4.78 is 13.7. The van der Waals surface area contributed by atoms with Crippen LogP contribution in [0.1, 0.15) is 32.8 Å². The van der Waals surface area contributed by atoms with Gasteiger partial charge in [-0.15, -0.1) is 11.3 Å². The molecular formula is C27H35N7O2S. The molecule has 2 unspecified atom stereocenters. The second kappa shape index (κ2) is 9.67. The summed E-state index contributed by atoms with van der Waals surface area (Å²) in [6.07, 6.45) is 6.26. The van der Waals surface area contributed by atoms with Gasteiger partial charge in [0, 0.05) is 56.3 Å². The van der Waals surface area contributed by atoms with Crippen LogP contribution >= 0.6 is 11.3 Å². The Kier molecular flexibility index (Phi) is 6.48. The molecule has 6 heterocycles. The van der Waals surface area contributed by atoms with Gasteiger partial charge in [-0.3, -0.25) is 14.9 Å². The highest BCUT2D eigenvalue weighted by Crippen LogP contribution is 2.39. The Morgan fingerprint density at radius 2 is 2.05 bits per heavy atom. The summed E-state index contributed by atoms with van der Waals surface area (Å²) in [5.74, 6) is 0.982. The number of hydrogen-bond donors (Lipinski definition) is 1. The fourth-order valence-corrected chi connectivity index (χ4v) is 6.95. The van der Waals surface area contributed by atoms with Crippen LogP contribution in [0.5, 0.6) is 0 Å². The number of thiophene rings is 1. The van der Waals surface area contributed by atoms with Gasteiger partial charge in [-0.05, 0) is 44.4 Å². The largest absolute Gasteiger partial charge is 0.379 e. The van der Waals surface area contributed by atoms with Crippen LogP contribution < -0.4 is 20.5 Å². The van der Waals surface area contributed by atoms with Crippen LogP contribution in [0.3, 0.4) is 0 Å². The molecule has 0 radical (unpaired) electrons. The molecule has 2 atom stereocenters. The summed E-state index contributed by atoms with van der Waals surface area (Å²) in [4.78, 5) is 23.8. The summed E-state index contributed by atoms with van der Waals surface area (Å²) in [6, 6.07) is 4.10. The highest BCUT2D eigenvalue weighted by atomic mass is 32.1. The predicted molar refractivity (Wildman–Crippen MR) is 145 cm³/mol. The van der Waals surface area contributed by atoms with E-state index in [2.05, 4.69) is 34.7 Å². The van der Waals surface area contributed by atoms with Crippen LogP contribution in [0.25, 0.3) is 15.8 Å². The minimum Gasteiger partial charge on any atom is -0.379 e. The molecule has 2 saturated heterocycles. The van der Waals surface area contributed by atoms with Crippen molar-refractivity contribution in [3.8, 4) is 0 Å². The van der Waals surface area contributed by atoms with Crippen LogP contribution in [0, 0.1) is 5.92 Å². The number of rotatable bonds is 6. The average molecular weight is 522 g/mol. The van der Waals surface area contributed by atoms with E-state index < -0.39 is 5.66 Å². The highest BCUT2D eigenvalue weighted by molar-refractivity contribution is 7.17. The van der Waals surface area contributed by atoms with Gasteiger partial charge in [0.15, 0.2) is 0 Å². The molecular weight excluding hydrogens is 486 g/mol. The van der Waals surface area contributed by atoms with E-state index in [-0.39, 0.29) is 11.5 Å². The Morgan fingerprint density at radius 3 is 2.84 bits per heavy atom. The van der Waals surface area contributed by atoms with Crippen LogP contribution in [-0.4, -0.2) is 77.1 Å². The van der Waals surface area contributed by atoms with Crippen molar-refractivity contribution >= 4 is 32.9 Å². The number of morpholine rings is 1. The van der Waals surface area contributed by atoms with Gasteiger partial charge in [-0.1, -0.05) is 6.07 Å². The Bertz CT molecular complexity index is 1400. The zero-order valence-corrected chi connectivity index (χ0v) is 22.6. The molecule has 0 spiro atoms. The quantitative estimate of drug-likeness (QED) is 0.523. The summed E-state index contributed by atoms with van der Waals surface area (Å²) in [7, 11) is 0. The average Bonchev–Trinajstić information content (AvgIpc) is 3.24. The fourth-order valence-electron chi connectivity index (χ4n) is 5.66. The van der Waals surface area contributed by atoms with E-state index >= 15 is 0 Å². The molecule has 0 bridgehead atoms. The van der Waals surface area contributed by atoms with Crippen molar-refractivity contribution in [3.63, 3.8) is 0 Å². The minimum absolute atomic E-state index is 0.0389. The van der Waals surface area contributed by atoms with Gasteiger partial charge in [-0.25, -0.2) is 9.97 Å². The van der Waals surface area contributed by atoms with Gasteiger partial charge < -0.3 is 20.1 Å². The first-order chi connectivity index (χ1) is 17.8. The van der Waals surface area contributed by atoms with Crippen LogP contribution in [0.2, 0.25) is 0 Å². The lowest BCUT2D eigenvalue weighted by molar-refractivity contribution is -0.0539. The van der Waals surface area contributed by atoms with Crippen molar-refractivity contribution in [2.45, 2.75) is 45.0 Å². The minimum atomic E-state index is -0.709. The number of pyridine rings is 1. The number of ether oxygens (including phenoxy) is 2. The number of anilines is 1. The molecule has 10 heteroatoms. The van der Waals surface area contributed by atoms with E-state index in [0.717, 1.165) is 83.8 Å². The number of hydrogen-bond acceptors (Lipinski definition) is 10. The second-order valence-electron chi connectivity index (χ2n) is 11.1. The highest BCUT2D eigenvalue weighted by Gasteiger charge is 2.43. The Balaban J connectivity index is 1.46. The van der Waals surface area contributed by atoms with E-state index in [4.69, 9.17) is 30.2 Å². The molecule has 2 fully saturated rings. The Hall–Kier alpha value is -2.50. The van der Waals surface area contributed by atoms with Crippen molar-refractivity contribution in [2.75, 3.05) is 50.9 Å². The zero-order valence-electron chi connectivity index (χ0n) is 21.8. The third kappa shape index (κ3) is 4.88. The third-order valence-electron chi connectivity index (χ3n) is 7.67. The first-order valence-electron chi connectivity index (χ1n) is 13.0. The lowest BCUT2D eigenvalue weighted by Gasteiger charge is -2.43. The molecule has 3 aliphatic heterocycles. The van der Waals surface area contributed by atoms with Gasteiger partial charge in [0.1, 0.15) is 22.5 Å². The van der Waals surface area contributed by atoms with Gasteiger partial charge in [0.05, 0.1) is 35.6 Å². The molecule has 9 nitrogen and oxygen atoms in total. The summed E-state index contributed by atoms with van der Waals surface area (Å²) in [5, 5.41) is 1.14. The summed E-state index contributed by atoms with van der Waals surface area (Å²) in [6.45, 7) is 12.9. The lowest BCUT2D eigenvalue weighted by atomic mass is 9.78. The number of fused-ring (bicyclic) bond motifs is 4. The first kappa shape index (κ1) is 24.8. The summed E-state index contributed by atoms with van der Waals surface area (Å²) in [5.41, 5.74) is 9.24. The molecule has 0 aromatic carbocycles. The SMILES string of the molecule is CC1(C)CC2=c3c(sc4c(N(CCN5CCOCC5)Cc5cccnc5)ncnc34)=NC(C)(N)C2CO1. The number of nitrogens with two attached hydrogens (primary N) is 1. The maximum atomic E-state index is 6.76. The second-order valence-corrected chi connectivity index (χ2v) is 12.1. The van der Waals surface area contributed by atoms with E-state index in [1.807, 2.05) is 25.4 Å². The molecule has 37 heavy (non-hydrogen) atoms. The normalized spacial score (nSPS) is 25.4. The first-order valence-corrected chi connectivity index (χ1v) is 13.9. The third-order valence-corrected chi connectivity index (χ3v) is 8.74. The zero-order chi connectivity index (χ0) is 25.6. The molecule has 196 valence electrons. The van der Waals surface area contributed by atoms with E-state index in [1.54, 1.807) is 17.7 Å². The Labute approximate surface area is 221 Å². The van der Waals surface area contributed by atoms with Crippen molar-refractivity contribution in [3.05, 3.63) is 46.3 Å². The van der Waals surface area contributed by atoms with Crippen molar-refractivity contribution in [2.24, 2.45) is 16.6 Å². The molecule has 0 amide bonds. The monoisotopic (exact) mass is 521 g/mol. The van der Waals surface area contributed by atoms with Gasteiger partial charge in [0.25, 0.3) is 0 Å². The number of nitrogens with zero attached hydrogens (tertiary/aromatic N) is 6. The fraction of sp³-hybridized carbons (Fsp3) is 0.556. The van der Waals surface area contributed by atoms with Crippen molar-refractivity contribution in [1.82, 2.24) is 19.9 Å². The maximum Gasteiger partial charge on any atom is 0.150 e. The molecule has 0 saturated carbocycles. The molecule has 6 rings (SSSR count). The standard InChI is InChI=1S/C27H35N7O2S/c1-26(2)13-19-20(16-36-26)27(3,28)32-25-21(19)22-23(37-25)24(31-17-30-22)34(15-18-5-4-6-29-14-18)8-7-33-9-11-35-12-10-33/h4-6,14,17,20H,7-13,15-16,28H2,1-3H3. The van der Waals surface area contributed by atoms with Gasteiger partial charge in [-0.2, -0.15) is 0 Å². The smallest absolute Gasteiger partial charge is 0.150 e. The van der Waals surface area contributed by atoms with Crippen LogP contribution in [-0.2, 0) is 16.0 Å². The molecule has 3 aromatic heterocycles. The molecule has 2 N–H and O–H groups in total. The number of aromatic nitrogens is 3. The predicted octanol–water partition coefficient (Wildman–Crippen LogP) is 1.70. The van der Waals surface area contributed by atoms with E-state index in [1.165, 1.54) is 5.57 Å². The van der Waals surface area contributed by atoms with E-state index in [9.17, 15) is 0 Å². The van der Waals surface area contributed by atoms with Gasteiger partial charge >= 0.3 is 0 Å². The molecule has 3 aromatic rings. The van der Waals surface area contributed by atoms with Crippen molar-refractivity contribution in [1.29, 1.82) is 0 Å². The summed E-state index contributed by atoms with van der Waals surface area (Å²) >= 11 is 1.66. The lowest BCUT2D eigenvalue weighted by Crippen LogP contribution is -2.56. The molecule has 3 aliphatic rings.